The molecule has 2 atom stereocenters. The maximum atomic E-state index is 6.53. The third-order valence-corrected chi connectivity index (χ3v) is 5.28. The normalized spacial score (nSPS) is 12.6. The zero-order valence-corrected chi connectivity index (χ0v) is 20.4. The van der Waals surface area contributed by atoms with Crippen molar-refractivity contribution in [1.82, 2.24) is 10.6 Å². The predicted molar refractivity (Wildman–Crippen MR) is 129 cm³/mol. The first-order valence-electron chi connectivity index (χ1n) is 8.84. The first kappa shape index (κ1) is 28.1. The molecule has 0 aliphatic rings. The minimum Gasteiger partial charge on any atom is -0.308 e. The van der Waals surface area contributed by atoms with Crippen molar-refractivity contribution in [1.29, 1.82) is 0 Å². The fourth-order valence-corrected chi connectivity index (χ4v) is 3.97. The van der Waals surface area contributed by atoms with Crippen molar-refractivity contribution in [3.63, 3.8) is 0 Å². The Morgan fingerprint density at radius 1 is 0.679 bits per heavy atom. The molecule has 0 heterocycles. The van der Waals surface area contributed by atoms with Gasteiger partial charge in [-0.15, -0.1) is 24.8 Å². The maximum Gasteiger partial charge on any atom is 0.0533 e. The number of rotatable bonds is 9. The first-order valence-corrected chi connectivity index (χ1v) is 10.4. The first-order chi connectivity index (χ1) is 12.5. The molecule has 0 spiro atoms. The topological polar surface area (TPSA) is 24.1 Å². The summed E-state index contributed by atoms with van der Waals surface area (Å²) >= 11 is 25.2. The summed E-state index contributed by atoms with van der Waals surface area (Å²) in [7, 11) is 0. The van der Waals surface area contributed by atoms with Crippen LogP contribution in [0.4, 0.5) is 0 Å². The zero-order chi connectivity index (χ0) is 19.1. The lowest BCUT2D eigenvalue weighted by atomic mass is 9.92. The molecule has 2 N–H and O–H groups in total. The Labute approximate surface area is 200 Å². The molecule has 0 aliphatic carbocycles. The molecule has 0 bridgehead atoms. The SMILES string of the molecule is CCCNC(c1ccc(Cl)cc1Cl)C(NCCC)c1ccc(Cl)cc1Cl.Cl.Cl. The van der Waals surface area contributed by atoms with E-state index in [1.165, 1.54) is 0 Å². The minimum atomic E-state index is -0.0510. The van der Waals surface area contributed by atoms with Gasteiger partial charge in [-0.2, -0.15) is 0 Å². The number of hydrogen-bond donors (Lipinski definition) is 2. The van der Waals surface area contributed by atoms with E-state index in [0.29, 0.717) is 20.1 Å². The third-order valence-electron chi connectivity index (χ3n) is 4.16. The molecule has 2 nitrogen and oxygen atoms in total. The summed E-state index contributed by atoms with van der Waals surface area (Å²) in [5.41, 5.74) is 1.98. The Kier molecular flexibility index (Phi) is 14.2. The van der Waals surface area contributed by atoms with Crippen molar-refractivity contribution in [3.8, 4) is 0 Å². The predicted octanol–water partition coefficient (Wildman–Crippen LogP) is 7.93. The number of halogens is 6. The van der Waals surface area contributed by atoms with E-state index in [0.717, 1.165) is 37.1 Å². The van der Waals surface area contributed by atoms with Crippen molar-refractivity contribution in [3.05, 3.63) is 67.6 Å². The molecule has 0 aromatic heterocycles. The summed E-state index contributed by atoms with van der Waals surface area (Å²) in [5.74, 6) is 0. The van der Waals surface area contributed by atoms with Gasteiger partial charge in [0.25, 0.3) is 0 Å². The van der Waals surface area contributed by atoms with Crippen LogP contribution in [0.3, 0.4) is 0 Å². The Morgan fingerprint density at radius 3 is 1.32 bits per heavy atom. The van der Waals surface area contributed by atoms with Crippen LogP contribution in [-0.2, 0) is 0 Å². The average molecular weight is 507 g/mol. The van der Waals surface area contributed by atoms with Crippen LogP contribution in [0.5, 0.6) is 0 Å². The minimum absolute atomic E-state index is 0. The molecule has 0 amide bonds. The lowest BCUT2D eigenvalue weighted by Crippen LogP contribution is -2.36. The largest absolute Gasteiger partial charge is 0.308 e. The maximum absolute atomic E-state index is 6.53. The van der Waals surface area contributed by atoms with Crippen molar-refractivity contribution in [2.75, 3.05) is 13.1 Å². The van der Waals surface area contributed by atoms with E-state index in [1.807, 2.05) is 24.3 Å². The summed E-state index contributed by atoms with van der Waals surface area (Å²) in [5, 5.41) is 9.75. The highest BCUT2D eigenvalue weighted by atomic mass is 35.5. The van der Waals surface area contributed by atoms with Crippen LogP contribution in [0, 0.1) is 0 Å². The highest BCUT2D eigenvalue weighted by Gasteiger charge is 2.27. The van der Waals surface area contributed by atoms with Gasteiger partial charge in [-0.3, -0.25) is 0 Å². The summed E-state index contributed by atoms with van der Waals surface area (Å²) in [4.78, 5) is 0. The molecule has 0 saturated carbocycles. The van der Waals surface area contributed by atoms with Gasteiger partial charge in [-0.05, 0) is 61.3 Å². The Balaban J connectivity index is 0.00000364. The van der Waals surface area contributed by atoms with Gasteiger partial charge in [0, 0.05) is 20.1 Å². The second-order valence-electron chi connectivity index (χ2n) is 6.20. The number of nitrogens with one attached hydrogen (secondary N) is 2. The third kappa shape index (κ3) is 7.74. The van der Waals surface area contributed by atoms with Crippen LogP contribution in [0.2, 0.25) is 20.1 Å². The van der Waals surface area contributed by atoms with E-state index in [1.54, 1.807) is 12.1 Å². The van der Waals surface area contributed by atoms with Crippen molar-refractivity contribution in [2.45, 2.75) is 38.8 Å². The van der Waals surface area contributed by atoms with Gasteiger partial charge in [-0.25, -0.2) is 0 Å². The van der Waals surface area contributed by atoms with E-state index in [-0.39, 0.29) is 36.9 Å². The van der Waals surface area contributed by atoms with Crippen LogP contribution in [0.1, 0.15) is 49.9 Å². The zero-order valence-electron chi connectivity index (χ0n) is 15.8. The van der Waals surface area contributed by atoms with E-state index >= 15 is 0 Å². The van der Waals surface area contributed by atoms with Crippen LogP contribution < -0.4 is 10.6 Å². The lowest BCUT2D eigenvalue weighted by molar-refractivity contribution is 0.385. The molecule has 2 aromatic carbocycles. The van der Waals surface area contributed by atoms with Gasteiger partial charge in [0.15, 0.2) is 0 Å². The smallest absolute Gasteiger partial charge is 0.0533 e. The molecule has 0 aliphatic heterocycles. The Morgan fingerprint density at radius 2 is 1.04 bits per heavy atom. The van der Waals surface area contributed by atoms with Gasteiger partial charge in [0.2, 0.25) is 0 Å². The van der Waals surface area contributed by atoms with E-state index in [2.05, 4.69) is 24.5 Å². The highest BCUT2D eigenvalue weighted by molar-refractivity contribution is 6.35. The van der Waals surface area contributed by atoms with E-state index in [9.17, 15) is 0 Å². The molecule has 2 aromatic rings. The Bertz CT molecular complexity index is 664. The van der Waals surface area contributed by atoms with Gasteiger partial charge in [0.1, 0.15) is 0 Å². The molecule has 0 fully saturated rings. The van der Waals surface area contributed by atoms with E-state index < -0.39 is 0 Å². The number of benzene rings is 2. The molecular formula is C20H26Cl6N2. The summed E-state index contributed by atoms with van der Waals surface area (Å²) in [6.07, 6.45) is 2.02. The van der Waals surface area contributed by atoms with Crippen molar-refractivity contribution < 1.29 is 0 Å². The van der Waals surface area contributed by atoms with Crippen molar-refractivity contribution in [2.24, 2.45) is 0 Å². The average Bonchev–Trinajstić information content (AvgIpc) is 2.59. The molecule has 2 rings (SSSR count). The van der Waals surface area contributed by atoms with Crippen LogP contribution in [0.15, 0.2) is 36.4 Å². The summed E-state index contributed by atoms with van der Waals surface area (Å²) in [6, 6.07) is 11.1. The molecular weight excluding hydrogens is 481 g/mol. The quantitative estimate of drug-likeness (QED) is 0.361. The molecule has 158 valence electrons. The molecule has 0 saturated heterocycles. The number of hydrogen-bond acceptors (Lipinski definition) is 2. The van der Waals surface area contributed by atoms with E-state index in [4.69, 9.17) is 46.4 Å². The van der Waals surface area contributed by atoms with Crippen LogP contribution >= 0.6 is 71.2 Å². The van der Waals surface area contributed by atoms with Gasteiger partial charge in [-0.1, -0.05) is 72.4 Å². The van der Waals surface area contributed by atoms with Gasteiger partial charge >= 0.3 is 0 Å². The monoisotopic (exact) mass is 504 g/mol. The van der Waals surface area contributed by atoms with Gasteiger partial charge < -0.3 is 10.6 Å². The second kappa shape index (κ2) is 14.2. The lowest BCUT2D eigenvalue weighted by Gasteiger charge is -2.31. The molecule has 28 heavy (non-hydrogen) atoms. The fraction of sp³-hybridized carbons (Fsp3) is 0.400. The molecule has 0 radical (unpaired) electrons. The standard InChI is InChI=1S/C20H24Cl4N2.2ClH/c1-3-9-25-19(15-7-5-13(21)11-17(15)23)20(26-10-4-2)16-8-6-14(22)12-18(16)24;;/h5-8,11-12,19-20,25-26H,3-4,9-10H2,1-2H3;2*1H. The van der Waals surface area contributed by atoms with Gasteiger partial charge in [0.05, 0.1) is 12.1 Å². The molecule has 8 heteroatoms. The van der Waals surface area contributed by atoms with Crippen molar-refractivity contribution >= 4 is 71.2 Å². The highest BCUT2D eigenvalue weighted by Crippen LogP contribution is 2.37. The fourth-order valence-electron chi connectivity index (χ4n) is 2.92. The summed E-state index contributed by atoms with van der Waals surface area (Å²) < 4.78 is 0. The van der Waals surface area contributed by atoms with Crippen LogP contribution in [-0.4, -0.2) is 13.1 Å². The van der Waals surface area contributed by atoms with Crippen LogP contribution in [0.25, 0.3) is 0 Å². The molecule has 2 unspecified atom stereocenters. The second-order valence-corrected chi connectivity index (χ2v) is 7.88. The Hall–Kier alpha value is 0.1000. The summed E-state index contributed by atoms with van der Waals surface area (Å²) in [6.45, 7) is 5.99.